The van der Waals surface area contributed by atoms with Gasteiger partial charge in [-0.3, -0.25) is 4.79 Å². The zero-order chi connectivity index (χ0) is 9.80. The van der Waals surface area contributed by atoms with Gasteiger partial charge < -0.3 is 5.32 Å². The lowest BCUT2D eigenvalue weighted by molar-refractivity contribution is 0.261. The molecule has 3 heteroatoms. The third-order valence-electron chi connectivity index (χ3n) is 2.02. The maximum absolute atomic E-state index is 10.9. The molecule has 0 bridgehead atoms. The molecule has 1 heterocycles. The van der Waals surface area contributed by atoms with Crippen LogP contribution in [0.4, 0.5) is 4.79 Å². The molecule has 0 unspecified atom stereocenters. The molecule has 1 amide bonds. The van der Waals surface area contributed by atoms with Crippen molar-refractivity contribution in [3.63, 3.8) is 0 Å². The number of hydrogen-bond donors (Lipinski definition) is 1. The van der Waals surface area contributed by atoms with Gasteiger partial charge in [0.1, 0.15) is 0 Å². The fraction of sp³-hybridized carbons (Fsp3) is 0.182. The van der Waals surface area contributed by atoms with Crippen LogP contribution < -0.4 is 5.32 Å². The lowest BCUT2D eigenvalue weighted by Crippen LogP contribution is -2.23. The molecule has 0 aromatic heterocycles. The van der Waals surface area contributed by atoms with Gasteiger partial charge in [-0.1, -0.05) is 54.2 Å². The van der Waals surface area contributed by atoms with Gasteiger partial charge in [0.05, 0.1) is 6.04 Å². The molecule has 1 saturated heterocycles. The van der Waals surface area contributed by atoms with Gasteiger partial charge in [0.25, 0.3) is 5.24 Å². The quantitative estimate of drug-likeness (QED) is 0.803. The van der Waals surface area contributed by atoms with E-state index in [9.17, 15) is 4.79 Å². The molecule has 2 nitrogen and oxygen atoms in total. The summed E-state index contributed by atoms with van der Waals surface area (Å²) in [5, 5.41) is 2.94. The average Bonchev–Trinajstić information content (AvgIpc) is 2.63. The van der Waals surface area contributed by atoms with Gasteiger partial charge >= 0.3 is 0 Å². The van der Waals surface area contributed by atoms with Crippen LogP contribution in [-0.4, -0.2) is 17.0 Å². The Morgan fingerprint density at radius 3 is 2.79 bits per heavy atom. The Bertz CT molecular complexity index is 348. The average molecular weight is 205 g/mol. The van der Waals surface area contributed by atoms with Crippen LogP contribution in [0.3, 0.4) is 0 Å². The van der Waals surface area contributed by atoms with Crippen LogP contribution >= 0.6 is 11.8 Å². The minimum absolute atomic E-state index is 0.0766. The molecular formula is C11H11NOS. The van der Waals surface area contributed by atoms with Gasteiger partial charge in [0.15, 0.2) is 0 Å². The topological polar surface area (TPSA) is 29.1 Å². The Kier molecular flexibility index (Phi) is 2.89. The molecular weight excluding hydrogens is 194 g/mol. The molecule has 0 aliphatic carbocycles. The van der Waals surface area contributed by atoms with Crippen molar-refractivity contribution in [2.24, 2.45) is 0 Å². The molecule has 2 rings (SSSR count). The minimum Gasteiger partial charge on any atom is -0.340 e. The van der Waals surface area contributed by atoms with Crippen LogP contribution in [0.15, 0.2) is 36.4 Å². The summed E-state index contributed by atoms with van der Waals surface area (Å²) in [4.78, 5) is 10.9. The highest BCUT2D eigenvalue weighted by atomic mass is 32.2. The van der Waals surface area contributed by atoms with Crippen LogP contribution in [0, 0.1) is 0 Å². The van der Waals surface area contributed by atoms with Crippen molar-refractivity contribution >= 4 is 23.1 Å². The highest BCUT2D eigenvalue weighted by Crippen LogP contribution is 2.14. The van der Waals surface area contributed by atoms with E-state index in [4.69, 9.17) is 0 Å². The zero-order valence-corrected chi connectivity index (χ0v) is 8.46. The number of carbonyl (C=O) groups is 1. The normalized spacial score (nSPS) is 21.4. The van der Waals surface area contributed by atoms with Crippen molar-refractivity contribution in [3.05, 3.63) is 42.0 Å². The summed E-state index contributed by atoms with van der Waals surface area (Å²) in [6.45, 7) is 0. The number of hydrogen-bond acceptors (Lipinski definition) is 2. The van der Waals surface area contributed by atoms with Gasteiger partial charge in [-0.25, -0.2) is 0 Å². The lowest BCUT2D eigenvalue weighted by Gasteiger charge is -2.00. The van der Waals surface area contributed by atoms with E-state index in [0.717, 1.165) is 5.75 Å². The number of nitrogens with one attached hydrogen (secondary N) is 1. The Morgan fingerprint density at radius 2 is 2.14 bits per heavy atom. The van der Waals surface area contributed by atoms with E-state index in [2.05, 4.69) is 5.32 Å². The van der Waals surface area contributed by atoms with Gasteiger partial charge in [-0.05, 0) is 5.56 Å². The fourth-order valence-corrected chi connectivity index (χ4v) is 2.06. The van der Waals surface area contributed by atoms with E-state index in [0.29, 0.717) is 0 Å². The molecule has 0 saturated carbocycles. The molecule has 1 aromatic carbocycles. The highest BCUT2D eigenvalue weighted by Gasteiger charge is 2.18. The Morgan fingerprint density at radius 1 is 1.36 bits per heavy atom. The van der Waals surface area contributed by atoms with Crippen LogP contribution in [0.1, 0.15) is 5.56 Å². The maximum Gasteiger partial charge on any atom is 0.279 e. The van der Waals surface area contributed by atoms with Crippen LogP contribution in [0.2, 0.25) is 0 Å². The van der Waals surface area contributed by atoms with E-state index in [-0.39, 0.29) is 11.3 Å². The second kappa shape index (κ2) is 4.33. The number of rotatable bonds is 2. The summed E-state index contributed by atoms with van der Waals surface area (Å²) in [7, 11) is 0. The van der Waals surface area contributed by atoms with E-state index < -0.39 is 0 Å². The monoisotopic (exact) mass is 205 g/mol. The van der Waals surface area contributed by atoms with Gasteiger partial charge in [0.2, 0.25) is 0 Å². The first kappa shape index (κ1) is 9.34. The summed E-state index contributed by atoms with van der Waals surface area (Å²) in [6.07, 6.45) is 4.07. The summed E-state index contributed by atoms with van der Waals surface area (Å²) in [5.74, 6) is 0.835. The number of thioether (sulfide) groups is 1. The summed E-state index contributed by atoms with van der Waals surface area (Å²) < 4.78 is 0. The van der Waals surface area contributed by atoms with Gasteiger partial charge in [0, 0.05) is 5.75 Å². The smallest absolute Gasteiger partial charge is 0.279 e. The molecule has 1 atom stereocenters. The van der Waals surface area contributed by atoms with Crippen molar-refractivity contribution < 1.29 is 4.79 Å². The molecule has 0 radical (unpaired) electrons. The fourth-order valence-electron chi connectivity index (χ4n) is 1.30. The van der Waals surface area contributed by atoms with Crippen molar-refractivity contribution in [2.45, 2.75) is 6.04 Å². The third kappa shape index (κ3) is 2.39. The summed E-state index contributed by atoms with van der Waals surface area (Å²) in [6, 6.07) is 10.3. The van der Waals surface area contributed by atoms with Crippen LogP contribution in [0.5, 0.6) is 0 Å². The molecule has 1 aliphatic heterocycles. The first-order valence-electron chi connectivity index (χ1n) is 4.51. The van der Waals surface area contributed by atoms with E-state index >= 15 is 0 Å². The lowest BCUT2D eigenvalue weighted by atomic mass is 10.2. The standard InChI is InChI=1S/C11H11NOS/c13-11-12-10(8-14-11)7-6-9-4-2-1-3-5-9/h1-7,10H,8H2,(H,12,13)/b7-6+/t10-/m1/s1. The van der Waals surface area contributed by atoms with Crippen LogP contribution in [0.25, 0.3) is 6.08 Å². The first-order valence-corrected chi connectivity index (χ1v) is 5.50. The molecule has 1 N–H and O–H groups in total. The molecule has 72 valence electrons. The van der Waals surface area contributed by atoms with E-state index in [1.807, 2.05) is 42.5 Å². The largest absolute Gasteiger partial charge is 0.340 e. The predicted octanol–water partition coefficient (Wildman–Crippen LogP) is 2.52. The maximum atomic E-state index is 10.9. The Balaban J connectivity index is 1.97. The van der Waals surface area contributed by atoms with Gasteiger partial charge in [-0.2, -0.15) is 0 Å². The summed E-state index contributed by atoms with van der Waals surface area (Å²) in [5.41, 5.74) is 1.17. The van der Waals surface area contributed by atoms with Crippen molar-refractivity contribution in [1.82, 2.24) is 5.32 Å². The second-order valence-electron chi connectivity index (χ2n) is 3.12. The van der Waals surface area contributed by atoms with E-state index in [1.54, 1.807) is 0 Å². The third-order valence-corrected chi connectivity index (χ3v) is 2.92. The zero-order valence-electron chi connectivity index (χ0n) is 7.64. The summed E-state index contributed by atoms with van der Waals surface area (Å²) >= 11 is 1.34. The molecule has 1 aromatic rings. The van der Waals surface area contributed by atoms with Crippen LogP contribution in [-0.2, 0) is 0 Å². The number of amides is 1. The number of benzene rings is 1. The Labute approximate surface area is 87.4 Å². The second-order valence-corrected chi connectivity index (χ2v) is 4.11. The molecule has 1 fully saturated rings. The predicted molar refractivity (Wildman–Crippen MR) is 60.3 cm³/mol. The highest BCUT2D eigenvalue weighted by molar-refractivity contribution is 8.14. The molecule has 1 aliphatic rings. The van der Waals surface area contributed by atoms with Gasteiger partial charge in [-0.15, -0.1) is 0 Å². The molecule has 14 heavy (non-hydrogen) atoms. The number of carbonyl (C=O) groups excluding carboxylic acids is 1. The van der Waals surface area contributed by atoms with E-state index in [1.165, 1.54) is 17.3 Å². The first-order chi connectivity index (χ1) is 6.84. The van der Waals surface area contributed by atoms with Crippen molar-refractivity contribution in [2.75, 3.05) is 5.75 Å². The molecule has 0 spiro atoms. The minimum atomic E-state index is 0.0766. The van der Waals surface area contributed by atoms with Crippen molar-refractivity contribution in [1.29, 1.82) is 0 Å². The SMILES string of the molecule is O=C1N[C@H](/C=C/c2ccccc2)CS1. The Hall–Kier alpha value is -1.22. The van der Waals surface area contributed by atoms with Crippen molar-refractivity contribution in [3.8, 4) is 0 Å².